The number of benzene rings is 17. The lowest BCUT2D eigenvalue weighted by atomic mass is 9.33. The molecule has 0 bridgehead atoms. The molecule has 0 N–H and O–H groups in total. The summed E-state index contributed by atoms with van der Waals surface area (Å²) in [7, 11) is 0. The second-order valence-electron chi connectivity index (χ2n) is 29.4. The largest absolute Gasteiger partial charge is 0.310 e. The van der Waals surface area contributed by atoms with E-state index >= 15 is 0 Å². The highest BCUT2D eigenvalue weighted by molar-refractivity contribution is 7.00. The normalized spacial score (nSPS) is 12.8. The molecule has 5 nitrogen and oxygen atoms in total. The van der Waals surface area contributed by atoms with Crippen molar-refractivity contribution < 1.29 is 0 Å². The van der Waals surface area contributed by atoms with Gasteiger partial charge in [0.15, 0.2) is 0 Å². The van der Waals surface area contributed by atoms with Crippen molar-refractivity contribution in [2.75, 3.05) is 9.80 Å². The summed E-state index contributed by atoms with van der Waals surface area (Å²) in [5, 5.41) is 12.5. The Morgan fingerprint density at radius 2 is 0.509 bits per heavy atom. The monoisotopic (exact) mass is 1370 g/mol. The van der Waals surface area contributed by atoms with Gasteiger partial charge < -0.3 is 23.2 Å². The molecular formula is C102H62BN5. The lowest BCUT2D eigenvalue weighted by Gasteiger charge is -2.46. The van der Waals surface area contributed by atoms with E-state index in [0.717, 1.165) is 118 Å². The van der Waals surface area contributed by atoms with Crippen LogP contribution < -0.4 is 26.2 Å². The minimum absolute atomic E-state index is 0.260. The van der Waals surface area contributed by atoms with Crippen LogP contribution in [0.5, 0.6) is 0 Å². The molecule has 0 fully saturated rings. The van der Waals surface area contributed by atoms with Gasteiger partial charge in [0.25, 0.3) is 6.71 Å². The molecule has 2 aliphatic rings. The van der Waals surface area contributed by atoms with Gasteiger partial charge in [0.05, 0.1) is 55.5 Å². The highest BCUT2D eigenvalue weighted by Crippen LogP contribution is 2.55. The maximum atomic E-state index is 2.71. The number of fused-ring (bicyclic) bond motifs is 19. The van der Waals surface area contributed by atoms with Crippen LogP contribution in [0.15, 0.2) is 376 Å². The van der Waals surface area contributed by atoms with Gasteiger partial charge in [-0.05, 0) is 140 Å². The number of anilines is 6. The standard InChI is InChI=1S/C102H62BN5/c1-5-25-63(26-6-1)72-37-21-38-73(64-27-7-2-8-28-64)99(72)107-94-59-69(67-50-55-92-84(57-67)82-43-23-41-80-78-35-15-19-47-90(78)105(92)101(80)82)49-53-86(94)103-87-54-52-71(104-88-45-17-13-33-76(88)77-34-14-18-46-89(77)104)62-95(87)108(100-74(65-29-9-3-10-30-65)39-22-40-75(100)66-31-11-4-12-32-66)97-61-70(60-96(107)98(97)103)68-51-56-93-85(58-68)83-44-24-42-81-79-36-16-20-48-91(79)106(93)102(81)83/h1-62H. The quantitative estimate of drug-likeness (QED) is 0.134. The summed E-state index contributed by atoms with van der Waals surface area (Å²) in [6.45, 7) is -0.260. The van der Waals surface area contributed by atoms with Crippen LogP contribution in [0.1, 0.15) is 0 Å². The fourth-order valence-electron chi connectivity index (χ4n) is 19.3. The first-order valence-corrected chi connectivity index (χ1v) is 37.5. The van der Waals surface area contributed by atoms with Crippen LogP contribution >= 0.6 is 0 Å². The lowest BCUT2D eigenvalue weighted by molar-refractivity contribution is 1.17. The Kier molecular flexibility index (Phi) is 12.4. The minimum Gasteiger partial charge on any atom is -0.310 e. The summed E-state index contributed by atoms with van der Waals surface area (Å²) in [4.78, 5) is 5.41. The van der Waals surface area contributed by atoms with E-state index in [0.29, 0.717) is 0 Å². The van der Waals surface area contributed by atoms with Gasteiger partial charge in [0.1, 0.15) is 0 Å². The molecule has 22 aromatic rings. The number of para-hydroxylation sites is 8. The predicted octanol–water partition coefficient (Wildman–Crippen LogP) is 25.2. The van der Waals surface area contributed by atoms with Crippen LogP contribution in [-0.2, 0) is 0 Å². The van der Waals surface area contributed by atoms with Crippen LogP contribution in [0.2, 0.25) is 0 Å². The van der Waals surface area contributed by atoms with Gasteiger partial charge >= 0.3 is 0 Å². The molecule has 2 aliphatic heterocycles. The highest BCUT2D eigenvalue weighted by Gasteiger charge is 2.46. The van der Waals surface area contributed by atoms with Gasteiger partial charge in [-0.3, -0.25) is 0 Å². The third kappa shape index (κ3) is 8.31. The number of rotatable bonds is 9. The summed E-state index contributed by atoms with van der Waals surface area (Å²) in [6, 6.07) is 142. The van der Waals surface area contributed by atoms with Crippen molar-refractivity contribution in [3.05, 3.63) is 376 Å². The molecule has 0 amide bonds. The topological polar surface area (TPSA) is 20.2 Å². The number of nitrogens with zero attached hydrogens (tertiary/aromatic N) is 5. The second-order valence-corrected chi connectivity index (χ2v) is 29.4. The van der Waals surface area contributed by atoms with Crippen molar-refractivity contribution in [2.24, 2.45) is 0 Å². The molecule has 6 heteroatoms. The first kappa shape index (κ1) is 59.2. The van der Waals surface area contributed by atoms with E-state index in [1.807, 2.05) is 0 Å². The Balaban J connectivity index is 0.856. The zero-order valence-corrected chi connectivity index (χ0v) is 58.6. The van der Waals surface area contributed by atoms with E-state index < -0.39 is 0 Å². The predicted molar refractivity (Wildman–Crippen MR) is 457 cm³/mol. The van der Waals surface area contributed by atoms with Gasteiger partial charge in [-0.25, -0.2) is 0 Å². The molecule has 0 radical (unpaired) electrons. The molecule has 17 aromatic carbocycles. The molecule has 7 heterocycles. The Bertz CT molecular complexity index is 7330. The van der Waals surface area contributed by atoms with E-state index in [1.54, 1.807) is 0 Å². The first-order valence-electron chi connectivity index (χ1n) is 37.5. The van der Waals surface area contributed by atoms with Crippen molar-refractivity contribution in [1.29, 1.82) is 0 Å². The molecule has 0 atom stereocenters. The van der Waals surface area contributed by atoms with Gasteiger partial charge in [-0.2, -0.15) is 0 Å². The summed E-state index contributed by atoms with van der Waals surface area (Å²) < 4.78 is 7.49. The maximum Gasteiger partial charge on any atom is 0.252 e. The molecule has 498 valence electrons. The number of hydrogen-bond donors (Lipinski definition) is 0. The molecule has 0 saturated heterocycles. The SMILES string of the molecule is c1ccc(-c2cccc(-c3ccccc3)c2N2c3cc(-c4ccc5c(c4)c4cccc6c7ccccc7n5c64)ccc3B3c4ccc(-n5c6ccccc6c6ccccc65)cc4N(c4c(-c5ccccc5)cccc4-c4ccccc4)c4cc(-c5ccc6c(c5)c5cccc7c8ccccc8n6c75)cc2c43)cc1. The van der Waals surface area contributed by atoms with Gasteiger partial charge in [0.2, 0.25) is 0 Å². The van der Waals surface area contributed by atoms with E-state index in [4.69, 9.17) is 0 Å². The molecule has 0 saturated carbocycles. The molecule has 0 unspecified atom stereocenters. The third-order valence-corrected chi connectivity index (χ3v) is 23.9. The van der Waals surface area contributed by atoms with Crippen LogP contribution in [0.4, 0.5) is 34.1 Å². The molecule has 24 rings (SSSR count). The van der Waals surface area contributed by atoms with Crippen molar-refractivity contribution in [2.45, 2.75) is 0 Å². The van der Waals surface area contributed by atoms with Crippen molar-refractivity contribution in [1.82, 2.24) is 13.4 Å². The summed E-state index contributed by atoms with van der Waals surface area (Å²) in [5.41, 5.74) is 34.8. The molecule has 0 aliphatic carbocycles. The Hall–Kier alpha value is -14.2. The third-order valence-electron chi connectivity index (χ3n) is 23.9. The first-order chi connectivity index (χ1) is 53.6. The van der Waals surface area contributed by atoms with E-state index in [1.165, 1.54) is 103 Å². The van der Waals surface area contributed by atoms with Crippen molar-refractivity contribution in [3.63, 3.8) is 0 Å². The molecule has 0 spiro atoms. The summed E-state index contributed by atoms with van der Waals surface area (Å²) in [5.74, 6) is 0. The van der Waals surface area contributed by atoms with E-state index in [9.17, 15) is 0 Å². The van der Waals surface area contributed by atoms with Crippen LogP contribution in [0.25, 0.3) is 170 Å². The second kappa shape index (κ2) is 22.7. The van der Waals surface area contributed by atoms with E-state index in [-0.39, 0.29) is 6.71 Å². The fraction of sp³-hybridized carbons (Fsp3) is 0. The van der Waals surface area contributed by atoms with Crippen molar-refractivity contribution in [3.8, 4) is 72.4 Å². The van der Waals surface area contributed by atoms with Gasteiger partial charge in [-0.15, -0.1) is 0 Å². The number of hydrogen-bond acceptors (Lipinski definition) is 2. The average molecular weight is 1370 g/mol. The summed E-state index contributed by atoms with van der Waals surface area (Å²) >= 11 is 0. The molecular weight excluding hydrogens is 1310 g/mol. The Morgan fingerprint density at radius 3 is 0.954 bits per heavy atom. The Morgan fingerprint density at radius 1 is 0.194 bits per heavy atom. The lowest BCUT2D eigenvalue weighted by Crippen LogP contribution is -2.61. The Labute approximate surface area is 622 Å². The maximum absolute atomic E-state index is 2.71. The van der Waals surface area contributed by atoms with Crippen LogP contribution in [0.3, 0.4) is 0 Å². The zero-order chi connectivity index (χ0) is 70.4. The zero-order valence-electron chi connectivity index (χ0n) is 58.6. The number of aromatic nitrogens is 3. The smallest absolute Gasteiger partial charge is 0.252 e. The van der Waals surface area contributed by atoms with Crippen molar-refractivity contribution >= 4 is 155 Å². The van der Waals surface area contributed by atoms with Crippen LogP contribution in [0, 0.1) is 0 Å². The van der Waals surface area contributed by atoms with Gasteiger partial charge in [0, 0.05) is 105 Å². The van der Waals surface area contributed by atoms with E-state index in [2.05, 4.69) is 399 Å². The molecule has 108 heavy (non-hydrogen) atoms. The van der Waals surface area contributed by atoms with Crippen LogP contribution in [-0.4, -0.2) is 20.1 Å². The highest BCUT2D eigenvalue weighted by atomic mass is 15.2. The summed E-state index contributed by atoms with van der Waals surface area (Å²) in [6.07, 6.45) is 0. The van der Waals surface area contributed by atoms with Gasteiger partial charge in [-0.1, -0.05) is 297 Å². The fourth-order valence-corrected chi connectivity index (χ4v) is 19.3. The minimum atomic E-state index is -0.260. The molecule has 5 aromatic heterocycles. The average Bonchev–Trinajstić information content (AvgIpc) is 0.928.